The smallest absolute Gasteiger partial charge is 0.239 e. The van der Waals surface area contributed by atoms with Crippen LogP contribution in [-0.2, 0) is 4.79 Å². The Morgan fingerprint density at radius 2 is 1.76 bits per heavy atom. The van der Waals surface area contributed by atoms with Gasteiger partial charge in [-0.15, -0.1) is 0 Å². The van der Waals surface area contributed by atoms with Gasteiger partial charge in [0.2, 0.25) is 5.91 Å². The standard InChI is InChI=1S/C13H20N2O2/c1-8-6-10(7-9(2)12(8)17-5)11(13(14)16)15(3)4/h6-7,11H,1-5H3,(H2,14,16). The summed E-state index contributed by atoms with van der Waals surface area (Å²) < 4.78 is 5.30. The van der Waals surface area contributed by atoms with Crippen LogP contribution in [0.5, 0.6) is 5.75 Å². The van der Waals surface area contributed by atoms with Crippen molar-refractivity contribution in [2.75, 3.05) is 21.2 Å². The van der Waals surface area contributed by atoms with Crippen LogP contribution < -0.4 is 10.5 Å². The summed E-state index contributed by atoms with van der Waals surface area (Å²) in [5.41, 5.74) is 8.35. The number of benzene rings is 1. The van der Waals surface area contributed by atoms with E-state index in [4.69, 9.17) is 10.5 Å². The molecule has 0 radical (unpaired) electrons. The summed E-state index contributed by atoms with van der Waals surface area (Å²) in [5.74, 6) is 0.509. The zero-order valence-corrected chi connectivity index (χ0v) is 11.1. The van der Waals surface area contributed by atoms with E-state index in [0.29, 0.717) is 0 Å². The SMILES string of the molecule is COc1c(C)cc(C(C(N)=O)N(C)C)cc1C. The first-order valence-corrected chi connectivity index (χ1v) is 5.49. The second kappa shape index (κ2) is 5.19. The van der Waals surface area contributed by atoms with E-state index >= 15 is 0 Å². The first-order valence-electron chi connectivity index (χ1n) is 5.49. The number of carbonyl (C=O) groups excluding carboxylic acids is 1. The van der Waals surface area contributed by atoms with Gasteiger partial charge in [-0.2, -0.15) is 0 Å². The molecule has 0 bridgehead atoms. The van der Waals surface area contributed by atoms with E-state index < -0.39 is 6.04 Å². The molecule has 94 valence electrons. The van der Waals surface area contributed by atoms with Crippen LogP contribution >= 0.6 is 0 Å². The lowest BCUT2D eigenvalue weighted by atomic mass is 9.99. The molecule has 4 heteroatoms. The summed E-state index contributed by atoms with van der Waals surface area (Å²) in [6.07, 6.45) is 0. The van der Waals surface area contributed by atoms with Crippen LogP contribution in [-0.4, -0.2) is 32.0 Å². The van der Waals surface area contributed by atoms with Crippen molar-refractivity contribution in [3.8, 4) is 5.75 Å². The molecule has 0 aliphatic heterocycles. The monoisotopic (exact) mass is 236 g/mol. The highest BCUT2D eigenvalue weighted by atomic mass is 16.5. The van der Waals surface area contributed by atoms with E-state index in [-0.39, 0.29) is 5.91 Å². The molecule has 1 amide bonds. The Bertz CT molecular complexity index is 404. The highest BCUT2D eigenvalue weighted by molar-refractivity contribution is 5.81. The van der Waals surface area contributed by atoms with E-state index in [2.05, 4.69) is 0 Å². The van der Waals surface area contributed by atoms with Crippen LogP contribution in [0.4, 0.5) is 0 Å². The van der Waals surface area contributed by atoms with E-state index in [1.54, 1.807) is 7.11 Å². The molecule has 17 heavy (non-hydrogen) atoms. The number of methoxy groups -OCH3 is 1. The van der Waals surface area contributed by atoms with Gasteiger partial charge >= 0.3 is 0 Å². The molecule has 0 heterocycles. The van der Waals surface area contributed by atoms with Crippen LogP contribution in [0.1, 0.15) is 22.7 Å². The molecule has 4 nitrogen and oxygen atoms in total. The molecule has 1 unspecified atom stereocenters. The number of amides is 1. The predicted molar refractivity (Wildman–Crippen MR) is 68.1 cm³/mol. The molecule has 0 spiro atoms. The average Bonchev–Trinajstić information content (AvgIpc) is 2.15. The van der Waals surface area contributed by atoms with Gasteiger partial charge in [0.15, 0.2) is 0 Å². The van der Waals surface area contributed by atoms with Gasteiger partial charge in [-0.25, -0.2) is 0 Å². The summed E-state index contributed by atoms with van der Waals surface area (Å²) in [4.78, 5) is 13.3. The van der Waals surface area contributed by atoms with Crippen LogP contribution in [0.25, 0.3) is 0 Å². The molecule has 0 saturated heterocycles. The van der Waals surface area contributed by atoms with Crippen molar-refractivity contribution in [1.82, 2.24) is 4.90 Å². The van der Waals surface area contributed by atoms with Gasteiger partial charge in [0.1, 0.15) is 11.8 Å². The van der Waals surface area contributed by atoms with Crippen LogP contribution in [0, 0.1) is 13.8 Å². The number of nitrogens with two attached hydrogens (primary N) is 1. The lowest BCUT2D eigenvalue weighted by Crippen LogP contribution is -2.32. The quantitative estimate of drug-likeness (QED) is 0.859. The van der Waals surface area contributed by atoms with Crippen molar-refractivity contribution in [1.29, 1.82) is 0 Å². The highest BCUT2D eigenvalue weighted by Crippen LogP contribution is 2.28. The Hall–Kier alpha value is -1.55. The third-order valence-corrected chi connectivity index (χ3v) is 2.79. The maximum atomic E-state index is 11.5. The van der Waals surface area contributed by atoms with E-state index in [1.165, 1.54) is 0 Å². The van der Waals surface area contributed by atoms with Crippen molar-refractivity contribution in [3.63, 3.8) is 0 Å². The average molecular weight is 236 g/mol. The Labute approximate surface area is 102 Å². The molecule has 1 atom stereocenters. The van der Waals surface area contributed by atoms with Crippen molar-refractivity contribution in [2.24, 2.45) is 5.73 Å². The zero-order valence-electron chi connectivity index (χ0n) is 11.1. The summed E-state index contributed by atoms with van der Waals surface area (Å²) in [5, 5.41) is 0. The van der Waals surface area contributed by atoms with Gasteiger partial charge in [0.25, 0.3) is 0 Å². The number of hydrogen-bond donors (Lipinski definition) is 1. The maximum Gasteiger partial charge on any atom is 0.239 e. The van der Waals surface area contributed by atoms with Gasteiger partial charge in [-0.3, -0.25) is 9.69 Å². The topological polar surface area (TPSA) is 55.6 Å². The summed E-state index contributed by atoms with van der Waals surface area (Å²) in [6.45, 7) is 3.92. The van der Waals surface area contributed by atoms with E-state index in [1.807, 2.05) is 45.0 Å². The fourth-order valence-corrected chi connectivity index (χ4v) is 2.18. The number of ether oxygens (including phenoxy) is 1. The van der Waals surface area contributed by atoms with Gasteiger partial charge in [-0.05, 0) is 44.6 Å². The summed E-state index contributed by atoms with van der Waals surface area (Å²) in [6, 6.07) is 3.49. The van der Waals surface area contributed by atoms with Crippen molar-refractivity contribution in [3.05, 3.63) is 28.8 Å². The Kier molecular flexibility index (Phi) is 4.12. The minimum absolute atomic E-state index is 0.348. The number of aryl methyl sites for hydroxylation is 2. The zero-order chi connectivity index (χ0) is 13.2. The van der Waals surface area contributed by atoms with Gasteiger partial charge in [-0.1, -0.05) is 12.1 Å². The maximum absolute atomic E-state index is 11.5. The molecule has 2 N–H and O–H groups in total. The minimum atomic E-state index is -0.404. The second-order valence-electron chi connectivity index (χ2n) is 4.46. The molecule has 1 aromatic carbocycles. The third-order valence-electron chi connectivity index (χ3n) is 2.79. The molecule has 0 aromatic heterocycles. The lowest BCUT2D eigenvalue weighted by molar-refractivity contribution is -0.122. The van der Waals surface area contributed by atoms with E-state index in [9.17, 15) is 4.79 Å². The molecule has 1 rings (SSSR count). The molecular formula is C13H20N2O2. The number of rotatable bonds is 4. The fourth-order valence-electron chi connectivity index (χ4n) is 2.18. The number of carbonyl (C=O) groups is 1. The number of primary amides is 1. The molecule has 0 saturated carbocycles. The highest BCUT2D eigenvalue weighted by Gasteiger charge is 2.21. The molecule has 0 aliphatic rings. The molecular weight excluding hydrogens is 216 g/mol. The fraction of sp³-hybridized carbons (Fsp3) is 0.462. The molecule has 1 aromatic rings. The first kappa shape index (κ1) is 13.5. The van der Waals surface area contributed by atoms with Gasteiger partial charge in [0.05, 0.1) is 7.11 Å². The lowest BCUT2D eigenvalue weighted by Gasteiger charge is -2.23. The number of hydrogen-bond acceptors (Lipinski definition) is 3. The normalized spacial score (nSPS) is 12.6. The van der Waals surface area contributed by atoms with Gasteiger partial charge in [0, 0.05) is 0 Å². The minimum Gasteiger partial charge on any atom is -0.496 e. The largest absolute Gasteiger partial charge is 0.496 e. The van der Waals surface area contributed by atoms with Crippen LogP contribution in [0.2, 0.25) is 0 Å². The molecule has 0 aliphatic carbocycles. The number of likely N-dealkylation sites (N-methyl/N-ethyl adjacent to an activating group) is 1. The Balaban J connectivity index is 3.27. The van der Waals surface area contributed by atoms with Crippen LogP contribution in [0.15, 0.2) is 12.1 Å². The first-order chi connectivity index (χ1) is 7.88. The summed E-state index contributed by atoms with van der Waals surface area (Å²) in [7, 11) is 5.32. The van der Waals surface area contributed by atoms with Crippen LogP contribution in [0.3, 0.4) is 0 Å². The predicted octanol–water partition coefficient (Wildman–Crippen LogP) is 1.40. The third kappa shape index (κ3) is 2.77. The molecule has 0 fully saturated rings. The number of nitrogens with zero attached hydrogens (tertiary/aromatic N) is 1. The Morgan fingerprint density at radius 3 is 2.06 bits per heavy atom. The Morgan fingerprint density at radius 1 is 1.29 bits per heavy atom. The van der Waals surface area contributed by atoms with Crippen molar-refractivity contribution < 1.29 is 9.53 Å². The van der Waals surface area contributed by atoms with Gasteiger partial charge < -0.3 is 10.5 Å². The van der Waals surface area contributed by atoms with Crippen molar-refractivity contribution in [2.45, 2.75) is 19.9 Å². The summed E-state index contributed by atoms with van der Waals surface area (Å²) >= 11 is 0. The van der Waals surface area contributed by atoms with Crippen molar-refractivity contribution >= 4 is 5.91 Å². The van der Waals surface area contributed by atoms with E-state index in [0.717, 1.165) is 22.4 Å². The second-order valence-corrected chi connectivity index (χ2v) is 4.46.